The molecule has 2 fully saturated rings. The van der Waals surface area contributed by atoms with Gasteiger partial charge in [-0.15, -0.1) is 11.3 Å². The fraction of sp³-hybridized carbons (Fsp3) is 0.545. The smallest absolute Gasteiger partial charge is 0.185 e. The average molecular weight is 412 g/mol. The predicted octanol–water partition coefficient (Wildman–Crippen LogP) is 2.66. The highest BCUT2D eigenvalue weighted by Crippen LogP contribution is 2.25. The summed E-state index contributed by atoms with van der Waals surface area (Å²) in [4.78, 5) is 17.3. The normalized spacial score (nSPS) is 18.5. The Morgan fingerprint density at radius 2 is 1.86 bits per heavy atom. The van der Waals surface area contributed by atoms with Crippen LogP contribution in [0, 0.1) is 18.8 Å². The van der Waals surface area contributed by atoms with E-state index in [4.69, 9.17) is 4.74 Å². The molecule has 7 heteroatoms. The van der Waals surface area contributed by atoms with Crippen molar-refractivity contribution in [3.8, 4) is 11.8 Å². The van der Waals surface area contributed by atoms with Gasteiger partial charge in [0.15, 0.2) is 5.13 Å². The Bertz CT molecular complexity index is 814. The summed E-state index contributed by atoms with van der Waals surface area (Å²) < 4.78 is 5.98. The summed E-state index contributed by atoms with van der Waals surface area (Å²) in [7, 11) is 0. The van der Waals surface area contributed by atoms with Crippen molar-refractivity contribution >= 4 is 22.3 Å². The van der Waals surface area contributed by atoms with Crippen LogP contribution in [0.25, 0.3) is 0 Å². The van der Waals surface area contributed by atoms with Gasteiger partial charge < -0.3 is 14.5 Å². The van der Waals surface area contributed by atoms with Crippen molar-refractivity contribution in [3.63, 3.8) is 0 Å². The average Bonchev–Trinajstić information content (AvgIpc) is 3.21. The van der Waals surface area contributed by atoms with Gasteiger partial charge in [-0.2, -0.15) is 0 Å². The third-order valence-electron chi connectivity index (χ3n) is 5.49. The molecule has 0 aromatic carbocycles. The summed E-state index contributed by atoms with van der Waals surface area (Å²) in [5.74, 6) is 7.56. The Balaban J connectivity index is 1.11. The van der Waals surface area contributed by atoms with Crippen LogP contribution < -0.4 is 9.80 Å². The lowest BCUT2D eigenvalue weighted by molar-refractivity contribution is 0.0594. The van der Waals surface area contributed by atoms with Gasteiger partial charge in [-0.25, -0.2) is 9.97 Å². The van der Waals surface area contributed by atoms with E-state index < -0.39 is 0 Å². The molecule has 29 heavy (non-hydrogen) atoms. The molecule has 2 aliphatic rings. The maximum atomic E-state index is 5.98. The van der Waals surface area contributed by atoms with Gasteiger partial charge in [0, 0.05) is 56.5 Å². The Hall–Kier alpha value is -2.14. The molecule has 154 valence electrons. The van der Waals surface area contributed by atoms with Crippen LogP contribution in [0.1, 0.15) is 17.7 Å². The van der Waals surface area contributed by atoms with Gasteiger partial charge in [-0.05, 0) is 31.9 Å². The first-order chi connectivity index (χ1) is 14.3. The van der Waals surface area contributed by atoms with Gasteiger partial charge in [0.25, 0.3) is 0 Å². The van der Waals surface area contributed by atoms with Crippen LogP contribution in [0.2, 0.25) is 0 Å². The van der Waals surface area contributed by atoms with Crippen LogP contribution in [-0.2, 0) is 4.74 Å². The quantitative estimate of drug-likeness (QED) is 0.705. The minimum atomic E-state index is 0.323. The first-order valence-corrected chi connectivity index (χ1v) is 11.2. The van der Waals surface area contributed by atoms with E-state index in [1.54, 1.807) is 11.3 Å². The number of hydrogen-bond donors (Lipinski definition) is 0. The molecule has 4 heterocycles. The number of hydrogen-bond acceptors (Lipinski definition) is 7. The SMILES string of the molecule is Cc1cnc(N2CCC(OCC#CCN3CCN(c4ccccn4)CC3)CC2)s1. The second kappa shape index (κ2) is 10.1. The maximum absolute atomic E-state index is 5.98. The molecule has 0 aliphatic carbocycles. The molecule has 0 spiro atoms. The lowest BCUT2D eigenvalue weighted by Gasteiger charge is -2.34. The molecule has 0 radical (unpaired) electrons. The molecule has 2 aliphatic heterocycles. The van der Waals surface area contributed by atoms with Gasteiger partial charge in [0.1, 0.15) is 12.4 Å². The second-order valence-corrected chi connectivity index (χ2v) is 8.77. The van der Waals surface area contributed by atoms with Crippen molar-refractivity contribution in [3.05, 3.63) is 35.5 Å². The molecule has 0 bridgehead atoms. The molecule has 0 saturated carbocycles. The number of thiazole rings is 1. The van der Waals surface area contributed by atoms with Gasteiger partial charge in [-0.3, -0.25) is 4.90 Å². The topological polar surface area (TPSA) is 44.7 Å². The zero-order valence-electron chi connectivity index (χ0n) is 17.1. The molecule has 2 saturated heterocycles. The van der Waals surface area contributed by atoms with Crippen molar-refractivity contribution in [2.24, 2.45) is 0 Å². The summed E-state index contributed by atoms with van der Waals surface area (Å²) in [5, 5.41) is 1.14. The van der Waals surface area contributed by atoms with E-state index in [2.05, 4.69) is 49.5 Å². The molecule has 0 atom stereocenters. The second-order valence-electron chi connectivity index (χ2n) is 7.56. The third kappa shape index (κ3) is 5.69. The fourth-order valence-corrected chi connectivity index (χ4v) is 4.57. The minimum absolute atomic E-state index is 0.323. The van der Waals surface area contributed by atoms with Crippen LogP contribution in [0.4, 0.5) is 10.9 Å². The highest BCUT2D eigenvalue weighted by atomic mass is 32.1. The lowest BCUT2D eigenvalue weighted by Crippen LogP contribution is -2.46. The van der Waals surface area contributed by atoms with E-state index in [0.717, 1.165) is 69.6 Å². The van der Waals surface area contributed by atoms with E-state index in [9.17, 15) is 0 Å². The lowest BCUT2D eigenvalue weighted by atomic mass is 10.1. The van der Waals surface area contributed by atoms with Crippen LogP contribution in [0.3, 0.4) is 0 Å². The highest BCUT2D eigenvalue weighted by Gasteiger charge is 2.21. The summed E-state index contributed by atoms with van der Waals surface area (Å²) in [6, 6.07) is 6.09. The molecular formula is C22H29N5OS. The number of piperidine rings is 1. The van der Waals surface area contributed by atoms with Crippen molar-refractivity contribution in [2.75, 3.05) is 62.2 Å². The molecule has 2 aromatic rings. The van der Waals surface area contributed by atoms with Crippen LogP contribution in [-0.4, -0.2) is 73.4 Å². The number of nitrogens with zero attached hydrogens (tertiary/aromatic N) is 5. The highest BCUT2D eigenvalue weighted by molar-refractivity contribution is 7.15. The largest absolute Gasteiger partial charge is 0.365 e. The molecule has 0 amide bonds. The Morgan fingerprint density at radius 1 is 1.03 bits per heavy atom. The number of aromatic nitrogens is 2. The molecule has 2 aromatic heterocycles. The van der Waals surface area contributed by atoms with E-state index in [-0.39, 0.29) is 0 Å². The van der Waals surface area contributed by atoms with Gasteiger partial charge in [0.05, 0.1) is 12.6 Å². The summed E-state index contributed by atoms with van der Waals surface area (Å²) >= 11 is 1.77. The Morgan fingerprint density at radius 3 is 2.55 bits per heavy atom. The number of piperazine rings is 1. The zero-order valence-corrected chi connectivity index (χ0v) is 17.9. The number of ether oxygens (including phenoxy) is 1. The summed E-state index contributed by atoms with van der Waals surface area (Å²) in [6.45, 7) is 9.57. The summed E-state index contributed by atoms with van der Waals surface area (Å²) in [6.07, 6.45) is 6.24. The van der Waals surface area contributed by atoms with Gasteiger partial charge in [0.2, 0.25) is 0 Å². The molecule has 6 nitrogen and oxygen atoms in total. The molecule has 0 N–H and O–H groups in total. The number of aryl methyl sites for hydroxylation is 1. The predicted molar refractivity (Wildman–Crippen MR) is 119 cm³/mol. The third-order valence-corrected chi connectivity index (χ3v) is 6.46. The van der Waals surface area contributed by atoms with E-state index in [1.165, 1.54) is 4.88 Å². The Labute approximate surface area is 177 Å². The van der Waals surface area contributed by atoms with E-state index in [0.29, 0.717) is 12.7 Å². The van der Waals surface area contributed by atoms with Crippen LogP contribution >= 0.6 is 11.3 Å². The van der Waals surface area contributed by atoms with Gasteiger partial charge in [-0.1, -0.05) is 17.9 Å². The minimum Gasteiger partial charge on any atom is -0.365 e. The van der Waals surface area contributed by atoms with Crippen molar-refractivity contribution in [2.45, 2.75) is 25.9 Å². The Kier molecular flexibility index (Phi) is 6.99. The zero-order chi connectivity index (χ0) is 19.9. The maximum Gasteiger partial charge on any atom is 0.185 e. The van der Waals surface area contributed by atoms with Crippen LogP contribution in [0.15, 0.2) is 30.6 Å². The molecular weight excluding hydrogens is 382 g/mol. The van der Waals surface area contributed by atoms with Crippen molar-refractivity contribution in [1.82, 2.24) is 14.9 Å². The fourth-order valence-electron chi connectivity index (χ4n) is 3.76. The molecule has 0 unspecified atom stereocenters. The van der Waals surface area contributed by atoms with Gasteiger partial charge >= 0.3 is 0 Å². The molecule has 4 rings (SSSR count). The number of anilines is 2. The van der Waals surface area contributed by atoms with Crippen molar-refractivity contribution in [1.29, 1.82) is 0 Å². The summed E-state index contributed by atoms with van der Waals surface area (Å²) in [5.41, 5.74) is 0. The first kappa shape index (κ1) is 20.1. The van der Waals surface area contributed by atoms with Crippen LogP contribution in [0.5, 0.6) is 0 Å². The van der Waals surface area contributed by atoms with Crippen molar-refractivity contribution < 1.29 is 4.74 Å². The standard InChI is InChI=1S/C22H29N5OS/c1-19-18-24-22(29-19)27-11-7-20(8-12-27)28-17-5-4-10-25-13-15-26(16-14-25)21-6-2-3-9-23-21/h2-3,6,9,18,20H,7-8,10-17H2,1H3. The first-order valence-electron chi connectivity index (χ1n) is 10.4. The monoisotopic (exact) mass is 411 g/mol. The van der Waals surface area contributed by atoms with E-state index >= 15 is 0 Å². The number of rotatable bonds is 5. The van der Waals surface area contributed by atoms with E-state index in [1.807, 2.05) is 24.5 Å². The number of pyridine rings is 1.